The Morgan fingerprint density at radius 2 is 1.80 bits per heavy atom. The molecule has 1 aliphatic carbocycles. The largest absolute Gasteiger partial charge is 0.259 e. The molecule has 86 valence electrons. The van der Waals surface area contributed by atoms with Crippen LogP contribution in [0.15, 0.2) is 0 Å². The summed E-state index contributed by atoms with van der Waals surface area (Å²) < 4.78 is 12.1. The van der Waals surface area contributed by atoms with Crippen LogP contribution in [0.2, 0.25) is 0 Å². The fourth-order valence-corrected chi connectivity index (χ4v) is 3.92. The van der Waals surface area contributed by atoms with Crippen LogP contribution in [0.1, 0.15) is 52.9 Å². The molecule has 3 unspecified atom stereocenters. The van der Waals surface area contributed by atoms with Gasteiger partial charge < -0.3 is 0 Å². The van der Waals surface area contributed by atoms with Crippen LogP contribution in [-0.4, -0.2) is 14.2 Å². The molecule has 0 heterocycles. The van der Waals surface area contributed by atoms with Gasteiger partial charge >= 0.3 is 0 Å². The van der Waals surface area contributed by atoms with Crippen LogP contribution in [0, 0.1) is 17.2 Å². The zero-order valence-electron chi connectivity index (χ0n) is 9.95. The molecule has 0 amide bonds. The van der Waals surface area contributed by atoms with E-state index >= 15 is 0 Å². The second kappa shape index (κ2) is 5.12. The lowest BCUT2D eigenvalue weighted by Crippen LogP contribution is -2.35. The highest BCUT2D eigenvalue weighted by molar-refractivity contribution is 7.87. The first-order valence-electron chi connectivity index (χ1n) is 5.77. The van der Waals surface area contributed by atoms with Crippen LogP contribution in [0.3, 0.4) is 0 Å². The third-order valence-electron chi connectivity index (χ3n) is 3.00. The molecule has 1 aliphatic rings. The SMILES string of the molecule is CC(C)(C)S(=O)C1CCCCCC1C#N. The van der Waals surface area contributed by atoms with E-state index < -0.39 is 10.8 Å². The fraction of sp³-hybridized carbons (Fsp3) is 0.917. The van der Waals surface area contributed by atoms with Gasteiger partial charge in [0.2, 0.25) is 0 Å². The smallest absolute Gasteiger partial charge is 0.0668 e. The van der Waals surface area contributed by atoms with Crippen molar-refractivity contribution >= 4 is 10.8 Å². The van der Waals surface area contributed by atoms with Gasteiger partial charge in [-0.05, 0) is 33.6 Å². The van der Waals surface area contributed by atoms with Crippen molar-refractivity contribution in [2.24, 2.45) is 5.92 Å². The number of nitrogens with zero attached hydrogens (tertiary/aromatic N) is 1. The summed E-state index contributed by atoms with van der Waals surface area (Å²) >= 11 is 0. The third kappa shape index (κ3) is 3.31. The second-order valence-electron chi connectivity index (χ2n) is 5.32. The Balaban J connectivity index is 2.80. The van der Waals surface area contributed by atoms with Crippen molar-refractivity contribution in [1.29, 1.82) is 5.26 Å². The van der Waals surface area contributed by atoms with Gasteiger partial charge in [0.15, 0.2) is 0 Å². The minimum absolute atomic E-state index is 0.00700. The third-order valence-corrected chi connectivity index (χ3v) is 5.32. The Morgan fingerprint density at radius 3 is 2.33 bits per heavy atom. The first-order chi connectivity index (χ1) is 6.96. The van der Waals surface area contributed by atoms with E-state index in [1.54, 1.807) is 0 Å². The molecule has 0 spiro atoms. The first kappa shape index (κ1) is 12.7. The average Bonchev–Trinajstić information content (AvgIpc) is 2.39. The molecule has 1 fully saturated rings. The maximum Gasteiger partial charge on any atom is 0.0668 e. The van der Waals surface area contributed by atoms with E-state index in [9.17, 15) is 4.21 Å². The highest BCUT2D eigenvalue weighted by Gasteiger charge is 2.34. The van der Waals surface area contributed by atoms with Crippen LogP contribution >= 0.6 is 0 Å². The lowest BCUT2D eigenvalue weighted by Gasteiger charge is -2.27. The number of nitriles is 1. The summed E-state index contributed by atoms with van der Waals surface area (Å²) in [7, 11) is -0.887. The Hall–Kier alpha value is -0.360. The van der Waals surface area contributed by atoms with Crippen molar-refractivity contribution in [2.45, 2.75) is 62.9 Å². The van der Waals surface area contributed by atoms with Gasteiger partial charge in [-0.2, -0.15) is 5.26 Å². The normalized spacial score (nSPS) is 30.3. The molecule has 0 bridgehead atoms. The summed E-state index contributed by atoms with van der Waals surface area (Å²) in [6.45, 7) is 6.01. The van der Waals surface area contributed by atoms with Crippen LogP contribution in [0.25, 0.3) is 0 Å². The molecule has 2 nitrogen and oxygen atoms in total. The van der Waals surface area contributed by atoms with Crippen LogP contribution in [0.5, 0.6) is 0 Å². The van der Waals surface area contributed by atoms with E-state index in [1.807, 2.05) is 20.8 Å². The molecule has 0 saturated heterocycles. The van der Waals surface area contributed by atoms with Crippen molar-refractivity contribution in [2.75, 3.05) is 0 Å². The summed E-state index contributed by atoms with van der Waals surface area (Å²) in [6, 6.07) is 2.35. The summed E-state index contributed by atoms with van der Waals surface area (Å²) in [5.74, 6) is 0.00700. The maximum absolute atomic E-state index is 12.3. The van der Waals surface area contributed by atoms with Crippen LogP contribution < -0.4 is 0 Å². The predicted octanol–water partition coefficient (Wildman–Crippen LogP) is 3.01. The summed E-state index contributed by atoms with van der Waals surface area (Å²) in [5.41, 5.74) is 0. The summed E-state index contributed by atoms with van der Waals surface area (Å²) in [5, 5.41) is 9.21. The van der Waals surface area contributed by atoms with E-state index in [0.29, 0.717) is 0 Å². The maximum atomic E-state index is 12.3. The van der Waals surface area contributed by atoms with Crippen molar-refractivity contribution < 1.29 is 4.21 Å². The molecule has 0 radical (unpaired) electrons. The van der Waals surface area contributed by atoms with E-state index in [4.69, 9.17) is 5.26 Å². The molecule has 15 heavy (non-hydrogen) atoms. The van der Waals surface area contributed by atoms with Crippen molar-refractivity contribution in [3.05, 3.63) is 0 Å². The van der Waals surface area contributed by atoms with E-state index in [-0.39, 0.29) is 15.9 Å². The zero-order valence-corrected chi connectivity index (χ0v) is 10.8. The average molecular weight is 227 g/mol. The van der Waals surface area contributed by atoms with E-state index in [0.717, 1.165) is 25.7 Å². The fourth-order valence-electron chi connectivity index (χ4n) is 2.13. The van der Waals surface area contributed by atoms with Gasteiger partial charge in [0.25, 0.3) is 0 Å². The van der Waals surface area contributed by atoms with Gasteiger partial charge in [-0.1, -0.05) is 19.3 Å². The van der Waals surface area contributed by atoms with Crippen molar-refractivity contribution in [1.82, 2.24) is 0 Å². The predicted molar refractivity (Wildman–Crippen MR) is 63.9 cm³/mol. The summed E-state index contributed by atoms with van der Waals surface area (Å²) in [6.07, 6.45) is 5.34. The lowest BCUT2D eigenvalue weighted by molar-refractivity contribution is 0.550. The van der Waals surface area contributed by atoms with Gasteiger partial charge in [0.05, 0.1) is 17.2 Å². The van der Waals surface area contributed by atoms with E-state index in [1.165, 1.54) is 6.42 Å². The Morgan fingerprint density at radius 1 is 1.20 bits per heavy atom. The molecule has 1 rings (SSSR count). The van der Waals surface area contributed by atoms with Crippen LogP contribution in [-0.2, 0) is 10.8 Å². The molecular weight excluding hydrogens is 206 g/mol. The van der Waals surface area contributed by atoms with Gasteiger partial charge in [-0.15, -0.1) is 0 Å². The molecule has 0 aromatic rings. The molecule has 0 aromatic heterocycles. The Bertz CT molecular complexity index is 274. The minimum atomic E-state index is -0.887. The zero-order chi connectivity index (χ0) is 11.5. The van der Waals surface area contributed by atoms with Crippen molar-refractivity contribution in [3.63, 3.8) is 0 Å². The quantitative estimate of drug-likeness (QED) is 0.646. The van der Waals surface area contributed by atoms with E-state index in [2.05, 4.69) is 6.07 Å². The van der Waals surface area contributed by atoms with Crippen molar-refractivity contribution in [3.8, 4) is 6.07 Å². The molecule has 3 atom stereocenters. The van der Waals surface area contributed by atoms with Gasteiger partial charge in [-0.3, -0.25) is 4.21 Å². The van der Waals surface area contributed by atoms with Crippen LogP contribution in [0.4, 0.5) is 0 Å². The minimum Gasteiger partial charge on any atom is -0.259 e. The first-order valence-corrected chi connectivity index (χ1v) is 6.98. The van der Waals surface area contributed by atoms with Gasteiger partial charge in [0.1, 0.15) is 0 Å². The highest BCUT2D eigenvalue weighted by Crippen LogP contribution is 2.31. The number of hydrogen-bond donors (Lipinski definition) is 0. The molecular formula is C12H21NOS. The molecule has 0 N–H and O–H groups in total. The second-order valence-corrected chi connectivity index (χ2v) is 7.75. The Labute approximate surface area is 95.5 Å². The topological polar surface area (TPSA) is 40.9 Å². The lowest BCUT2D eigenvalue weighted by atomic mass is 10.0. The van der Waals surface area contributed by atoms with Gasteiger partial charge in [0, 0.05) is 15.5 Å². The Kier molecular flexibility index (Phi) is 4.33. The monoisotopic (exact) mass is 227 g/mol. The highest BCUT2D eigenvalue weighted by atomic mass is 32.2. The van der Waals surface area contributed by atoms with Gasteiger partial charge in [-0.25, -0.2) is 0 Å². The number of rotatable bonds is 1. The molecule has 1 saturated carbocycles. The number of hydrogen-bond acceptors (Lipinski definition) is 2. The summed E-state index contributed by atoms with van der Waals surface area (Å²) in [4.78, 5) is 0. The molecule has 0 aliphatic heterocycles. The molecule has 3 heteroatoms. The molecule has 0 aromatic carbocycles. The standard InChI is InChI=1S/C12H21NOS/c1-12(2,3)15(14)11-8-6-4-5-7-10(11)9-13/h10-11H,4-8H2,1-3H3.